The molecule has 1 aliphatic heterocycles. The number of nitrogens with two attached hydrogens (primary N) is 1. The van der Waals surface area contributed by atoms with E-state index in [9.17, 15) is 4.79 Å². The summed E-state index contributed by atoms with van der Waals surface area (Å²) in [5, 5.41) is 0. The molecular weight excluding hydrogens is 254 g/mol. The summed E-state index contributed by atoms with van der Waals surface area (Å²) < 4.78 is 0. The van der Waals surface area contributed by atoms with Crippen LogP contribution in [-0.2, 0) is 6.42 Å². The van der Waals surface area contributed by atoms with E-state index in [2.05, 4.69) is 6.07 Å². The highest BCUT2D eigenvalue weighted by Gasteiger charge is 2.14. The van der Waals surface area contributed by atoms with Crippen LogP contribution in [0, 0.1) is 0 Å². The summed E-state index contributed by atoms with van der Waals surface area (Å²) in [6, 6.07) is 13.2. The molecule has 0 aliphatic carbocycles. The number of hydrogen-bond donors (Lipinski definition) is 1. The number of rotatable bonds is 2. The molecule has 2 nitrogen and oxygen atoms in total. The smallest absolute Gasteiger partial charge is 0.193 e. The lowest BCUT2D eigenvalue weighted by Crippen LogP contribution is -2.05. The molecule has 1 aliphatic rings. The molecule has 19 heavy (non-hydrogen) atoms. The average molecular weight is 269 g/mol. The van der Waals surface area contributed by atoms with Crippen molar-refractivity contribution in [2.45, 2.75) is 17.7 Å². The summed E-state index contributed by atoms with van der Waals surface area (Å²) in [4.78, 5) is 13.7. The molecule has 3 rings (SSSR count). The Kier molecular flexibility index (Phi) is 3.30. The number of anilines is 1. The third-order valence-electron chi connectivity index (χ3n) is 3.32. The van der Waals surface area contributed by atoms with E-state index in [0.29, 0.717) is 11.3 Å². The lowest BCUT2D eigenvalue weighted by molar-refractivity contribution is 0.103. The Morgan fingerprint density at radius 1 is 1.11 bits per heavy atom. The summed E-state index contributed by atoms with van der Waals surface area (Å²) in [6.07, 6.45) is 2.26. The highest BCUT2D eigenvalue weighted by molar-refractivity contribution is 7.99. The molecule has 0 fully saturated rings. The molecular formula is C16H15NOS. The maximum atomic E-state index is 12.4. The fraction of sp³-hybridized carbons (Fsp3) is 0.188. The van der Waals surface area contributed by atoms with Gasteiger partial charge in [0.1, 0.15) is 0 Å². The molecule has 2 aromatic carbocycles. The van der Waals surface area contributed by atoms with Gasteiger partial charge in [0, 0.05) is 21.7 Å². The van der Waals surface area contributed by atoms with Crippen LogP contribution in [-0.4, -0.2) is 11.5 Å². The number of fused-ring (bicyclic) bond motifs is 1. The maximum absolute atomic E-state index is 12.4. The normalized spacial score (nSPS) is 13.9. The summed E-state index contributed by atoms with van der Waals surface area (Å²) in [6.45, 7) is 0. The minimum Gasteiger partial charge on any atom is -0.399 e. The number of benzene rings is 2. The second kappa shape index (κ2) is 5.10. The molecule has 0 spiro atoms. The highest BCUT2D eigenvalue weighted by atomic mass is 32.2. The van der Waals surface area contributed by atoms with Crippen LogP contribution in [0.3, 0.4) is 0 Å². The number of thioether (sulfide) groups is 1. The third-order valence-corrected chi connectivity index (χ3v) is 4.52. The summed E-state index contributed by atoms with van der Waals surface area (Å²) >= 11 is 1.88. The number of ketones is 1. The molecule has 2 N–H and O–H groups in total. The van der Waals surface area contributed by atoms with Crippen LogP contribution >= 0.6 is 11.8 Å². The zero-order chi connectivity index (χ0) is 13.2. The lowest BCUT2D eigenvalue weighted by Gasteiger charge is -2.15. The van der Waals surface area contributed by atoms with Crippen molar-refractivity contribution in [3.05, 3.63) is 59.2 Å². The molecule has 3 heteroatoms. The SMILES string of the molecule is Nc1cccc(C(=O)c2ccc3c(c2)CCCS3)c1. The molecule has 0 unspecified atom stereocenters. The molecule has 0 bridgehead atoms. The van der Waals surface area contributed by atoms with E-state index in [0.717, 1.165) is 12.0 Å². The van der Waals surface area contributed by atoms with Gasteiger partial charge in [0.05, 0.1) is 0 Å². The number of aryl methyl sites for hydroxylation is 1. The van der Waals surface area contributed by atoms with Crippen LogP contribution in [0.4, 0.5) is 5.69 Å². The average Bonchev–Trinajstić information content (AvgIpc) is 2.46. The van der Waals surface area contributed by atoms with Gasteiger partial charge in [-0.25, -0.2) is 0 Å². The van der Waals surface area contributed by atoms with E-state index in [4.69, 9.17) is 5.73 Å². The maximum Gasteiger partial charge on any atom is 0.193 e. The van der Waals surface area contributed by atoms with E-state index < -0.39 is 0 Å². The van der Waals surface area contributed by atoms with E-state index in [1.165, 1.54) is 22.6 Å². The molecule has 0 atom stereocenters. The fourth-order valence-electron chi connectivity index (χ4n) is 2.35. The Morgan fingerprint density at radius 3 is 2.79 bits per heavy atom. The summed E-state index contributed by atoms with van der Waals surface area (Å²) in [5.41, 5.74) is 9.06. The molecule has 0 radical (unpaired) electrons. The second-order valence-electron chi connectivity index (χ2n) is 4.73. The van der Waals surface area contributed by atoms with Crippen molar-refractivity contribution in [2.75, 3.05) is 11.5 Å². The van der Waals surface area contributed by atoms with Crippen molar-refractivity contribution in [1.29, 1.82) is 0 Å². The Hall–Kier alpha value is -1.74. The zero-order valence-electron chi connectivity index (χ0n) is 10.6. The van der Waals surface area contributed by atoms with Gasteiger partial charge in [0.15, 0.2) is 5.78 Å². The van der Waals surface area contributed by atoms with E-state index in [1.807, 2.05) is 36.0 Å². The first kappa shape index (κ1) is 12.3. The third kappa shape index (κ3) is 2.51. The summed E-state index contributed by atoms with van der Waals surface area (Å²) in [5.74, 6) is 1.22. The van der Waals surface area contributed by atoms with Crippen LogP contribution in [0.2, 0.25) is 0 Å². The fourth-order valence-corrected chi connectivity index (χ4v) is 3.37. The second-order valence-corrected chi connectivity index (χ2v) is 5.87. The van der Waals surface area contributed by atoms with Crippen LogP contribution < -0.4 is 5.73 Å². The topological polar surface area (TPSA) is 43.1 Å². The number of carbonyl (C=O) groups excluding carboxylic acids is 1. The Morgan fingerprint density at radius 2 is 1.95 bits per heavy atom. The van der Waals surface area contributed by atoms with Gasteiger partial charge in [0.2, 0.25) is 0 Å². The molecule has 0 amide bonds. The van der Waals surface area contributed by atoms with Crippen molar-refractivity contribution < 1.29 is 4.79 Å². The van der Waals surface area contributed by atoms with E-state index >= 15 is 0 Å². The van der Waals surface area contributed by atoms with E-state index in [-0.39, 0.29) is 5.78 Å². The van der Waals surface area contributed by atoms with Gasteiger partial charge in [-0.15, -0.1) is 11.8 Å². The van der Waals surface area contributed by atoms with Crippen molar-refractivity contribution in [3.63, 3.8) is 0 Å². The minimum absolute atomic E-state index is 0.0469. The van der Waals surface area contributed by atoms with Crippen molar-refractivity contribution >= 4 is 23.2 Å². The van der Waals surface area contributed by atoms with Gasteiger partial charge < -0.3 is 5.73 Å². The zero-order valence-corrected chi connectivity index (χ0v) is 11.4. The van der Waals surface area contributed by atoms with Gasteiger partial charge in [-0.2, -0.15) is 0 Å². The first-order valence-electron chi connectivity index (χ1n) is 6.40. The molecule has 2 aromatic rings. The minimum atomic E-state index is 0.0469. The van der Waals surface area contributed by atoms with Crippen molar-refractivity contribution in [2.24, 2.45) is 0 Å². The predicted octanol–water partition coefficient (Wildman–Crippen LogP) is 3.54. The molecule has 0 aromatic heterocycles. The highest BCUT2D eigenvalue weighted by Crippen LogP contribution is 2.31. The first-order chi connectivity index (χ1) is 9.24. The molecule has 96 valence electrons. The Balaban J connectivity index is 1.96. The van der Waals surface area contributed by atoms with Crippen LogP contribution in [0.25, 0.3) is 0 Å². The van der Waals surface area contributed by atoms with Gasteiger partial charge in [-0.1, -0.05) is 12.1 Å². The van der Waals surface area contributed by atoms with Gasteiger partial charge >= 0.3 is 0 Å². The quantitative estimate of drug-likeness (QED) is 0.670. The van der Waals surface area contributed by atoms with Crippen LogP contribution in [0.5, 0.6) is 0 Å². The van der Waals surface area contributed by atoms with Crippen molar-refractivity contribution in [3.8, 4) is 0 Å². The molecule has 0 saturated heterocycles. The molecule has 0 saturated carbocycles. The van der Waals surface area contributed by atoms with E-state index in [1.54, 1.807) is 12.1 Å². The van der Waals surface area contributed by atoms with Gasteiger partial charge in [0.25, 0.3) is 0 Å². The van der Waals surface area contributed by atoms with Crippen LogP contribution in [0.15, 0.2) is 47.4 Å². The largest absolute Gasteiger partial charge is 0.399 e. The Bertz CT molecular complexity index is 636. The first-order valence-corrected chi connectivity index (χ1v) is 7.38. The lowest BCUT2D eigenvalue weighted by atomic mass is 9.99. The number of carbonyl (C=O) groups is 1. The monoisotopic (exact) mass is 269 g/mol. The number of nitrogen functional groups attached to an aromatic ring is 1. The standard InChI is InChI=1S/C16H15NOS/c17-14-5-1-3-12(10-14)16(18)13-6-7-15-11(9-13)4-2-8-19-15/h1,3,5-7,9-10H,2,4,8,17H2. The Labute approximate surface area is 117 Å². The predicted molar refractivity (Wildman–Crippen MR) is 79.8 cm³/mol. The molecule has 1 heterocycles. The van der Waals surface area contributed by atoms with Crippen LogP contribution in [0.1, 0.15) is 27.9 Å². The van der Waals surface area contributed by atoms with Gasteiger partial charge in [-0.3, -0.25) is 4.79 Å². The number of hydrogen-bond acceptors (Lipinski definition) is 3. The van der Waals surface area contributed by atoms with Gasteiger partial charge in [-0.05, 0) is 54.5 Å². The summed E-state index contributed by atoms with van der Waals surface area (Å²) in [7, 11) is 0. The van der Waals surface area contributed by atoms with Crippen molar-refractivity contribution in [1.82, 2.24) is 0 Å².